The number of halogens is 4. The third kappa shape index (κ3) is 4.11. The minimum absolute atomic E-state index is 0.0295. The number of carbonyl (C=O) groups is 2. The summed E-state index contributed by atoms with van der Waals surface area (Å²) < 4.78 is 59.8. The van der Waals surface area contributed by atoms with Gasteiger partial charge >= 0.3 is 12.3 Å². The molecule has 3 aliphatic rings. The van der Waals surface area contributed by atoms with E-state index in [0.29, 0.717) is 50.9 Å². The van der Waals surface area contributed by atoms with Gasteiger partial charge in [-0.25, -0.2) is 4.39 Å². The summed E-state index contributed by atoms with van der Waals surface area (Å²) in [5, 5.41) is 0. The highest BCUT2D eigenvalue weighted by molar-refractivity contribution is 5.81. The molecule has 164 valence electrons. The van der Waals surface area contributed by atoms with Crippen molar-refractivity contribution in [2.75, 3.05) is 19.7 Å². The summed E-state index contributed by atoms with van der Waals surface area (Å²) in [7, 11) is 0. The molecule has 2 aliphatic heterocycles. The van der Waals surface area contributed by atoms with Crippen LogP contribution in [0.4, 0.5) is 17.6 Å². The first-order valence-electron chi connectivity index (χ1n) is 10.0. The average molecular weight is 429 g/mol. The second kappa shape index (κ2) is 7.42. The Morgan fingerprint density at radius 2 is 2.03 bits per heavy atom. The van der Waals surface area contributed by atoms with Gasteiger partial charge in [-0.15, -0.1) is 13.2 Å². The van der Waals surface area contributed by atoms with E-state index in [0.717, 1.165) is 12.1 Å². The zero-order valence-electron chi connectivity index (χ0n) is 16.5. The first-order valence-corrected chi connectivity index (χ1v) is 10.0. The van der Waals surface area contributed by atoms with Gasteiger partial charge in [-0.2, -0.15) is 0 Å². The quantitative estimate of drug-likeness (QED) is 0.538. The molecule has 1 aliphatic carbocycles. The van der Waals surface area contributed by atoms with Crippen molar-refractivity contribution in [2.45, 2.75) is 44.9 Å². The van der Waals surface area contributed by atoms with Crippen LogP contribution in [-0.4, -0.2) is 42.8 Å². The third-order valence-electron chi connectivity index (χ3n) is 6.59. The molecule has 0 aromatic heterocycles. The van der Waals surface area contributed by atoms with Crippen molar-refractivity contribution in [1.29, 1.82) is 0 Å². The maximum Gasteiger partial charge on any atom is 0.573 e. The highest BCUT2D eigenvalue weighted by Crippen LogP contribution is 2.52. The van der Waals surface area contributed by atoms with Crippen LogP contribution in [0.5, 0.6) is 5.75 Å². The first-order chi connectivity index (χ1) is 14.1. The number of ether oxygens (including phenoxy) is 2. The van der Waals surface area contributed by atoms with Gasteiger partial charge in [0.1, 0.15) is 0 Å². The predicted octanol–water partition coefficient (Wildman–Crippen LogP) is 4.02. The monoisotopic (exact) mass is 429 g/mol. The molecule has 1 saturated carbocycles. The molecule has 4 rings (SSSR count). The molecule has 2 atom stereocenters. The van der Waals surface area contributed by atoms with Crippen molar-refractivity contribution in [3.05, 3.63) is 29.6 Å². The first kappa shape index (κ1) is 20.9. The predicted molar refractivity (Wildman–Crippen MR) is 96.9 cm³/mol. The van der Waals surface area contributed by atoms with Crippen LogP contribution < -0.4 is 4.74 Å². The third-order valence-corrected chi connectivity index (χ3v) is 6.59. The van der Waals surface area contributed by atoms with Crippen molar-refractivity contribution in [3.63, 3.8) is 0 Å². The molecule has 1 spiro atoms. The molecule has 5 nitrogen and oxygen atoms in total. The lowest BCUT2D eigenvalue weighted by molar-refractivity contribution is -0.275. The van der Waals surface area contributed by atoms with Crippen LogP contribution >= 0.6 is 0 Å². The summed E-state index contributed by atoms with van der Waals surface area (Å²) in [6, 6.07) is 3.54. The smallest absolute Gasteiger partial charge is 0.465 e. The topological polar surface area (TPSA) is 55.8 Å². The number of likely N-dealkylation sites (tertiary alicyclic amines) is 1. The Bertz CT molecular complexity index is 850. The average Bonchev–Trinajstić information content (AvgIpc) is 3.03. The van der Waals surface area contributed by atoms with Crippen molar-refractivity contribution >= 4 is 11.9 Å². The molecule has 0 radical (unpaired) electrons. The maximum absolute atomic E-state index is 14.1. The molecule has 30 heavy (non-hydrogen) atoms. The molecule has 0 N–H and O–H groups in total. The number of hydrogen-bond donors (Lipinski definition) is 0. The number of hydrogen-bond acceptors (Lipinski definition) is 4. The summed E-state index contributed by atoms with van der Waals surface area (Å²) in [5.74, 6) is -2.15. The normalized spacial score (nSPS) is 31.4. The standard InChI is InChI=1S/C21H23F4NO4/c1-12-10-26(19(28)14-7-20(8-14)9-18(27)29-11-20)5-4-15(12)13-2-3-17(16(22)6-13)30-21(23,24)25/h2-3,6,12,14-15H,4-5,7-11H2,1H3/t12-,14?,15+,20?/m0/s1. The fraction of sp³-hybridized carbons (Fsp3) is 0.619. The number of rotatable bonds is 3. The number of carbonyl (C=O) groups excluding carboxylic acids is 2. The lowest BCUT2D eigenvalue weighted by Gasteiger charge is -2.46. The van der Waals surface area contributed by atoms with Gasteiger partial charge in [0.2, 0.25) is 5.91 Å². The van der Waals surface area contributed by atoms with Gasteiger partial charge in [0.15, 0.2) is 11.6 Å². The van der Waals surface area contributed by atoms with Crippen LogP contribution in [0.15, 0.2) is 18.2 Å². The molecule has 3 fully saturated rings. The van der Waals surface area contributed by atoms with Crippen molar-refractivity contribution in [3.8, 4) is 5.75 Å². The van der Waals surface area contributed by atoms with E-state index in [2.05, 4.69) is 4.74 Å². The number of nitrogens with zero attached hydrogens (tertiary/aromatic N) is 1. The Labute approximate surface area is 171 Å². The molecule has 2 heterocycles. The number of benzene rings is 1. The molecule has 0 unspecified atom stereocenters. The highest BCUT2D eigenvalue weighted by Gasteiger charge is 2.53. The van der Waals surface area contributed by atoms with E-state index in [1.54, 1.807) is 0 Å². The lowest BCUT2D eigenvalue weighted by Crippen LogP contribution is -2.50. The largest absolute Gasteiger partial charge is 0.573 e. The van der Waals surface area contributed by atoms with E-state index < -0.39 is 17.9 Å². The minimum Gasteiger partial charge on any atom is -0.465 e. The van der Waals surface area contributed by atoms with E-state index in [1.807, 2.05) is 11.8 Å². The van der Waals surface area contributed by atoms with Gasteiger partial charge in [-0.05, 0) is 48.8 Å². The molecular weight excluding hydrogens is 406 g/mol. The fourth-order valence-electron chi connectivity index (χ4n) is 5.12. The molecular formula is C21H23F4NO4. The van der Waals surface area contributed by atoms with Gasteiger partial charge in [-0.1, -0.05) is 13.0 Å². The zero-order chi connectivity index (χ0) is 21.7. The summed E-state index contributed by atoms with van der Waals surface area (Å²) in [6.07, 6.45) is -2.63. The van der Waals surface area contributed by atoms with Gasteiger partial charge in [-0.3, -0.25) is 9.59 Å². The Kier molecular flexibility index (Phi) is 5.18. The SMILES string of the molecule is C[C@H]1CN(C(=O)C2CC3(COC(=O)C3)C2)CC[C@H]1c1ccc(OC(F)(F)F)c(F)c1. The Morgan fingerprint density at radius 1 is 1.30 bits per heavy atom. The van der Waals surface area contributed by atoms with E-state index in [-0.39, 0.29) is 35.0 Å². The molecule has 1 amide bonds. The second-order valence-electron chi connectivity index (χ2n) is 8.84. The van der Waals surface area contributed by atoms with E-state index in [1.165, 1.54) is 6.07 Å². The lowest BCUT2D eigenvalue weighted by atomic mass is 9.61. The van der Waals surface area contributed by atoms with Gasteiger partial charge in [0, 0.05) is 24.4 Å². The van der Waals surface area contributed by atoms with E-state index in [4.69, 9.17) is 4.74 Å². The minimum atomic E-state index is -4.95. The molecule has 2 saturated heterocycles. The van der Waals surface area contributed by atoms with E-state index >= 15 is 0 Å². The van der Waals surface area contributed by atoms with Crippen LogP contribution in [-0.2, 0) is 14.3 Å². The highest BCUT2D eigenvalue weighted by atomic mass is 19.4. The van der Waals surface area contributed by atoms with Crippen LogP contribution in [0, 0.1) is 23.1 Å². The Morgan fingerprint density at radius 3 is 2.60 bits per heavy atom. The number of alkyl halides is 3. The van der Waals surface area contributed by atoms with Crippen LogP contribution in [0.3, 0.4) is 0 Å². The van der Waals surface area contributed by atoms with Gasteiger partial charge in [0.05, 0.1) is 13.0 Å². The van der Waals surface area contributed by atoms with Crippen LogP contribution in [0.2, 0.25) is 0 Å². The summed E-state index contributed by atoms with van der Waals surface area (Å²) in [5.41, 5.74) is 0.435. The van der Waals surface area contributed by atoms with E-state index in [9.17, 15) is 27.2 Å². The van der Waals surface area contributed by atoms with Gasteiger partial charge in [0.25, 0.3) is 0 Å². The van der Waals surface area contributed by atoms with Crippen LogP contribution in [0.25, 0.3) is 0 Å². The second-order valence-corrected chi connectivity index (χ2v) is 8.84. The van der Waals surface area contributed by atoms with Crippen molar-refractivity contribution < 1.29 is 36.6 Å². The van der Waals surface area contributed by atoms with Crippen molar-refractivity contribution in [2.24, 2.45) is 17.3 Å². The summed E-state index contributed by atoms with van der Waals surface area (Å²) >= 11 is 0. The Balaban J connectivity index is 1.35. The maximum atomic E-state index is 14.1. The fourth-order valence-corrected chi connectivity index (χ4v) is 5.12. The van der Waals surface area contributed by atoms with Gasteiger partial charge < -0.3 is 14.4 Å². The number of amides is 1. The van der Waals surface area contributed by atoms with Crippen molar-refractivity contribution in [1.82, 2.24) is 4.90 Å². The molecule has 1 aromatic rings. The number of esters is 1. The zero-order valence-corrected chi connectivity index (χ0v) is 16.5. The summed E-state index contributed by atoms with van der Waals surface area (Å²) in [6.45, 7) is 3.36. The Hall–Kier alpha value is -2.32. The number of cyclic esters (lactones) is 1. The number of piperidine rings is 1. The molecule has 0 bridgehead atoms. The molecule has 1 aromatic carbocycles. The summed E-state index contributed by atoms with van der Waals surface area (Å²) in [4.78, 5) is 26.0. The van der Waals surface area contributed by atoms with Crippen LogP contribution in [0.1, 0.15) is 44.1 Å². The molecule has 9 heteroatoms.